The molecule has 4 aliphatic rings. The smallest absolute Gasteiger partial charge is 0.302 e. The second-order valence-corrected chi connectivity index (χ2v) is 10.4. The topological polar surface area (TPSA) is 60.4 Å². The Labute approximate surface area is 176 Å². The van der Waals surface area contributed by atoms with Crippen molar-refractivity contribution in [3.05, 3.63) is 0 Å². The van der Waals surface area contributed by atoms with E-state index >= 15 is 0 Å². The van der Waals surface area contributed by atoms with Crippen molar-refractivity contribution >= 4 is 17.5 Å². The SMILES string of the molecule is CC.CC(=O)O[C@H]1CC2C3CCC(C(C)=O)C3(C)CC[C@@H]2C2(C)CCC(=O)CC12. The Kier molecular flexibility index (Phi) is 6.32. The van der Waals surface area contributed by atoms with Gasteiger partial charge in [0.25, 0.3) is 0 Å². The molecule has 0 bridgehead atoms. The van der Waals surface area contributed by atoms with Crippen LogP contribution < -0.4 is 0 Å². The van der Waals surface area contributed by atoms with Crippen LogP contribution in [0.2, 0.25) is 0 Å². The fourth-order valence-corrected chi connectivity index (χ4v) is 8.07. The third kappa shape index (κ3) is 3.59. The number of carbonyl (C=O) groups excluding carboxylic acids is 3. The first-order chi connectivity index (χ1) is 13.7. The van der Waals surface area contributed by atoms with E-state index in [9.17, 15) is 14.4 Å². The number of ketones is 2. The molecule has 0 aromatic rings. The molecule has 0 N–H and O–H groups in total. The molecule has 0 radical (unpaired) electrons. The number of ether oxygens (including phenoxy) is 1. The van der Waals surface area contributed by atoms with Crippen molar-refractivity contribution in [1.82, 2.24) is 0 Å². The van der Waals surface area contributed by atoms with Gasteiger partial charge in [0.2, 0.25) is 0 Å². The highest BCUT2D eigenvalue weighted by molar-refractivity contribution is 5.80. The summed E-state index contributed by atoms with van der Waals surface area (Å²) in [5.74, 6) is 2.43. The lowest BCUT2D eigenvalue weighted by atomic mass is 9.44. The number of fused-ring (bicyclic) bond motifs is 5. The second kappa shape index (κ2) is 8.15. The van der Waals surface area contributed by atoms with Gasteiger partial charge in [0.1, 0.15) is 17.7 Å². The minimum absolute atomic E-state index is 0.0760. The lowest BCUT2D eigenvalue weighted by Gasteiger charge is -2.61. The maximum atomic E-state index is 12.3. The highest BCUT2D eigenvalue weighted by atomic mass is 16.5. The van der Waals surface area contributed by atoms with Gasteiger partial charge in [0.05, 0.1) is 0 Å². The number of hydrogen-bond donors (Lipinski definition) is 0. The molecular formula is C25H40O4. The van der Waals surface area contributed by atoms with Crippen LogP contribution in [0.3, 0.4) is 0 Å². The molecule has 4 rings (SSSR count). The number of hydrogen-bond acceptors (Lipinski definition) is 4. The first-order valence-corrected chi connectivity index (χ1v) is 11.9. The summed E-state index contributed by atoms with van der Waals surface area (Å²) < 4.78 is 5.82. The number of carbonyl (C=O) groups is 3. The van der Waals surface area contributed by atoms with Gasteiger partial charge in [-0.05, 0) is 74.0 Å². The minimum atomic E-state index is -0.231. The number of esters is 1. The average Bonchev–Trinajstić information content (AvgIpc) is 3.02. The number of rotatable bonds is 2. The van der Waals surface area contributed by atoms with Gasteiger partial charge in [-0.3, -0.25) is 14.4 Å². The average molecular weight is 405 g/mol. The zero-order valence-electron chi connectivity index (χ0n) is 19.3. The molecule has 29 heavy (non-hydrogen) atoms. The van der Waals surface area contributed by atoms with E-state index in [-0.39, 0.29) is 34.7 Å². The Hall–Kier alpha value is -1.19. The van der Waals surface area contributed by atoms with Crippen LogP contribution in [0.4, 0.5) is 0 Å². The first kappa shape index (κ1) is 22.5. The summed E-state index contributed by atoms with van der Waals surface area (Å²) in [6.45, 7) is 11.9. The Balaban J connectivity index is 0.00000117. The fourth-order valence-electron chi connectivity index (χ4n) is 8.07. The predicted octanol–water partition coefficient (Wildman–Crippen LogP) is 5.37. The van der Waals surface area contributed by atoms with Crippen LogP contribution in [-0.2, 0) is 19.1 Å². The molecule has 0 amide bonds. The molecule has 0 aliphatic heterocycles. The Morgan fingerprint density at radius 1 is 0.931 bits per heavy atom. The molecule has 4 saturated carbocycles. The van der Waals surface area contributed by atoms with Crippen LogP contribution in [0.25, 0.3) is 0 Å². The van der Waals surface area contributed by atoms with Crippen LogP contribution in [0, 0.1) is 40.4 Å². The monoisotopic (exact) mass is 404 g/mol. The lowest BCUT2D eigenvalue weighted by Crippen LogP contribution is -2.58. The molecule has 8 atom stereocenters. The zero-order chi connectivity index (χ0) is 21.6. The molecule has 4 heteroatoms. The molecule has 164 valence electrons. The van der Waals surface area contributed by atoms with Gasteiger partial charge >= 0.3 is 5.97 Å². The predicted molar refractivity (Wildman–Crippen MR) is 113 cm³/mol. The second-order valence-electron chi connectivity index (χ2n) is 10.4. The van der Waals surface area contributed by atoms with Gasteiger partial charge in [0.15, 0.2) is 0 Å². The summed E-state index contributed by atoms with van der Waals surface area (Å²) in [6, 6.07) is 0. The summed E-state index contributed by atoms with van der Waals surface area (Å²) >= 11 is 0. The molecule has 0 aromatic carbocycles. The van der Waals surface area contributed by atoms with E-state index in [2.05, 4.69) is 13.8 Å². The molecule has 6 unspecified atom stereocenters. The van der Waals surface area contributed by atoms with Crippen molar-refractivity contribution in [2.45, 2.75) is 99.0 Å². The third-order valence-electron chi connectivity index (χ3n) is 9.28. The zero-order valence-corrected chi connectivity index (χ0v) is 19.3. The van der Waals surface area contributed by atoms with Crippen molar-refractivity contribution in [2.75, 3.05) is 0 Å². The van der Waals surface area contributed by atoms with E-state index in [1.165, 1.54) is 6.92 Å². The molecular weight excluding hydrogens is 364 g/mol. The molecule has 0 aromatic heterocycles. The minimum Gasteiger partial charge on any atom is -0.462 e. The molecule has 4 fully saturated rings. The van der Waals surface area contributed by atoms with E-state index < -0.39 is 0 Å². The maximum Gasteiger partial charge on any atom is 0.302 e. The van der Waals surface area contributed by atoms with Crippen molar-refractivity contribution in [2.24, 2.45) is 40.4 Å². The fraction of sp³-hybridized carbons (Fsp3) is 0.880. The van der Waals surface area contributed by atoms with Crippen molar-refractivity contribution in [3.8, 4) is 0 Å². The van der Waals surface area contributed by atoms with Gasteiger partial charge in [0, 0.05) is 31.6 Å². The van der Waals surface area contributed by atoms with Crippen LogP contribution in [0.1, 0.15) is 92.9 Å². The Morgan fingerprint density at radius 3 is 2.21 bits per heavy atom. The van der Waals surface area contributed by atoms with Crippen LogP contribution >= 0.6 is 0 Å². The van der Waals surface area contributed by atoms with E-state index in [4.69, 9.17) is 4.74 Å². The van der Waals surface area contributed by atoms with E-state index in [0.717, 1.165) is 38.5 Å². The van der Waals surface area contributed by atoms with Gasteiger partial charge < -0.3 is 4.74 Å². The van der Waals surface area contributed by atoms with Gasteiger partial charge in [-0.2, -0.15) is 0 Å². The summed E-state index contributed by atoms with van der Waals surface area (Å²) in [7, 11) is 0. The largest absolute Gasteiger partial charge is 0.462 e. The van der Waals surface area contributed by atoms with E-state index in [0.29, 0.717) is 42.2 Å². The number of Topliss-reactive ketones (excluding diaryl/α,β-unsaturated/α-hetero) is 2. The summed E-state index contributed by atoms with van der Waals surface area (Å²) in [4.78, 5) is 36.3. The molecule has 0 spiro atoms. The van der Waals surface area contributed by atoms with Gasteiger partial charge in [-0.25, -0.2) is 0 Å². The van der Waals surface area contributed by atoms with Crippen molar-refractivity contribution in [3.63, 3.8) is 0 Å². The Morgan fingerprint density at radius 2 is 1.59 bits per heavy atom. The summed E-state index contributed by atoms with van der Waals surface area (Å²) in [5, 5.41) is 0. The Bertz CT molecular complexity index is 670. The quantitative estimate of drug-likeness (QED) is 0.580. The molecule has 4 nitrogen and oxygen atoms in total. The first-order valence-electron chi connectivity index (χ1n) is 11.9. The molecule has 0 saturated heterocycles. The normalized spacial score (nSPS) is 45.8. The van der Waals surface area contributed by atoms with E-state index in [1.807, 2.05) is 13.8 Å². The highest BCUT2D eigenvalue weighted by Crippen LogP contribution is 2.67. The lowest BCUT2D eigenvalue weighted by molar-refractivity contribution is -0.186. The highest BCUT2D eigenvalue weighted by Gasteiger charge is 2.63. The van der Waals surface area contributed by atoms with E-state index in [1.54, 1.807) is 6.92 Å². The molecule has 4 aliphatic carbocycles. The standard InChI is InChI=1S/C23H34O4.C2H6/c1-13(24)17-5-6-18-16-12-21(27-14(2)25)20-11-15(26)7-9-23(20,4)19(16)8-10-22(17,18)3;1-2/h16-21H,5-12H2,1-4H3;1-2H3/t16?,17?,18?,19-,20?,21-,22?,23?;/m0./s1. The van der Waals surface area contributed by atoms with Crippen molar-refractivity contribution in [1.29, 1.82) is 0 Å². The summed E-state index contributed by atoms with van der Waals surface area (Å²) in [6.07, 6.45) is 7.29. The van der Waals surface area contributed by atoms with Crippen LogP contribution in [0.5, 0.6) is 0 Å². The van der Waals surface area contributed by atoms with Gasteiger partial charge in [-0.1, -0.05) is 27.7 Å². The third-order valence-corrected chi connectivity index (χ3v) is 9.28. The van der Waals surface area contributed by atoms with Gasteiger partial charge in [-0.15, -0.1) is 0 Å². The van der Waals surface area contributed by atoms with Crippen LogP contribution in [-0.4, -0.2) is 23.6 Å². The van der Waals surface area contributed by atoms with Crippen LogP contribution in [0.15, 0.2) is 0 Å². The maximum absolute atomic E-state index is 12.3. The van der Waals surface area contributed by atoms with Crippen molar-refractivity contribution < 1.29 is 19.1 Å². The summed E-state index contributed by atoms with van der Waals surface area (Å²) in [5.41, 5.74) is 0.175. The molecule has 0 heterocycles.